The third kappa shape index (κ3) is 3.25. The maximum Gasteiger partial charge on any atom is 0.310 e. The molecule has 1 atom stereocenters. The van der Waals surface area contributed by atoms with Crippen molar-refractivity contribution < 1.29 is 14.6 Å². The molecule has 0 heterocycles. The summed E-state index contributed by atoms with van der Waals surface area (Å²) >= 11 is 0. The Labute approximate surface area is 60.3 Å². The van der Waals surface area contributed by atoms with Gasteiger partial charge in [0.15, 0.2) is 0 Å². The number of ether oxygens (including phenoxy) is 1. The summed E-state index contributed by atoms with van der Waals surface area (Å²) in [4.78, 5) is 10.7. The molecule has 1 N–H and O–H groups in total. The summed E-state index contributed by atoms with van der Waals surface area (Å²) in [5.74, 6) is -0.637. The molecule has 58 valence electrons. The van der Waals surface area contributed by atoms with Crippen molar-refractivity contribution in [2.24, 2.45) is 5.92 Å². The summed E-state index contributed by atoms with van der Waals surface area (Å²) in [6, 6.07) is 0. The first kappa shape index (κ1) is 9.17. The van der Waals surface area contributed by atoms with E-state index in [-0.39, 0.29) is 5.92 Å². The van der Waals surface area contributed by atoms with E-state index < -0.39 is 12.3 Å². The van der Waals surface area contributed by atoms with Gasteiger partial charge in [0, 0.05) is 0 Å². The normalized spacial score (nSPS) is 12.8. The molecule has 0 spiro atoms. The summed E-state index contributed by atoms with van der Waals surface area (Å²) in [5.41, 5.74) is 0. The van der Waals surface area contributed by atoms with Gasteiger partial charge in [-0.25, -0.2) is 0 Å². The second-order valence-corrected chi connectivity index (χ2v) is 2.22. The highest BCUT2D eigenvalue weighted by Gasteiger charge is 2.10. The summed E-state index contributed by atoms with van der Waals surface area (Å²) in [7, 11) is 0. The number of rotatable bonds is 3. The molecule has 0 aromatic rings. The molecule has 3 heteroatoms. The highest BCUT2D eigenvalue weighted by atomic mass is 16.6. The van der Waals surface area contributed by atoms with E-state index >= 15 is 0 Å². The van der Waals surface area contributed by atoms with Crippen molar-refractivity contribution in [2.45, 2.75) is 20.1 Å². The third-order valence-corrected chi connectivity index (χ3v) is 0.910. The fourth-order valence-corrected chi connectivity index (χ4v) is 0.303. The summed E-state index contributed by atoms with van der Waals surface area (Å²) in [6.45, 7) is 6.63. The van der Waals surface area contributed by atoms with Crippen LogP contribution in [0.25, 0.3) is 0 Å². The van der Waals surface area contributed by atoms with Crippen LogP contribution in [0.4, 0.5) is 0 Å². The number of carbonyl (C=O) groups excluding carboxylic acids is 1. The Morgan fingerprint density at radius 1 is 1.70 bits per heavy atom. The molecule has 0 aromatic heterocycles. The zero-order valence-corrected chi connectivity index (χ0v) is 6.20. The fraction of sp³-hybridized carbons (Fsp3) is 0.571. The van der Waals surface area contributed by atoms with E-state index in [4.69, 9.17) is 5.11 Å². The van der Waals surface area contributed by atoms with Gasteiger partial charge < -0.3 is 9.84 Å². The fourth-order valence-electron chi connectivity index (χ4n) is 0.303. The number of aliphatic hydroxyl groups is 1. The lowest BCUT2D eigenvalue weighted by atomic mass is 10.2. The van der Waals surface area contributed by atoms with Crippen LogP contribution in [0.1, 0.15) is 13.8 Å². The minimum absolute atomic E-state index is 0.213. The van der Waals surface area contributed by atoms with Gasteiger partial charge in [0.25, 0.3) is 0 Å². The predicted molar refractivity (Wildman–Crippen MR) is 37.1 cm³/mol. The van der Waals surface area contributed by atoms with Gasteiger partial charge in [-0.3, -0.25) is 4.79 Å². The first-order valence-electron chi connectivity index (χ1n) is 3.09. The van der Waals surface area contributed by atoms with Gasteiger partial charge in [0.1, 0.15) is 0 Å². The largest absolute Gasteiger partial charge is 0.432 e. The molecular weight excluding hydrogens is 132 g/mol. The van der Waals surface area contributed by atoms with E-state index in [1.54, 1.807) is 13.8 Å². The van der Waals surface area contributed by atoms with Crippen molar-refractivity contribution in [1.82, 2.24) is 0 Å². The van der Waals surface area contributed by atoms with Crippen LogP contribution in [-0.4, -0.2) is 17.4 Å². The van der Waals surface area contributed by atoms with Crippen molar-refractivity contribution >= 4 is 5.97 Å². The second kappa shape index (κ2) is 4.06. The molecule has 1 unspecified atom stereocenters. The smallest absolute Gasteiger partial charge is 0.310 e. The maximum absolute atomic E-state index is 10.7. The van der Waals surface area contributed by atoms with Gasteiger partial charge in [-0.2, -0.15) is 0 Å². The molecule has 0 saturated heterocycles. The molecule has 3 nitrogen and oxygen atoms in total. The predicted octanol–water partition coefficient (Wildman–Crippen LogP) is 0.690. The van der Waals surface area contributed by atoms with E-state index in [0.29, 0.717) is 0 Å². The van der Waals surface area contributed by atoms with Gasteiger partial charge in [0.2, 0.25) is 6.29 Å². The Morgan fingerprint density at radius 2 is 2.20 bits per heavy atom. The van der Waals surface area contributed by atoms with Crippen LogP contribution in [-0.2, 0) is 9.53 Å². The Kier molecular flexibility index (Phi) is 3.72. The second-order valence-electron chi connectivity index (χ2n) is 2.22. The standard InChI is InChI=1S/C7H12O3/c1-4-6(8)10-7(9)5(2)3/h4-6,8H,1H2,2-3H3. The molecule has 10 heavy (non-hydrogen) atoms. The topological polar surface area (TPSA) is 46.5 Å². The lowest BCUT2D eigenvalue weighted by Gasteiger charge is -2.08. The van der Waals surface area contributed by atoms with Crippen molar-refractivity contribution in [3.05, 3.63) is 12.7 Å². The third-order valence-electron chi connectivity index (χ3n) is 0.910. The summed E-state index contributed by atoms with van der Waals surface area (Å²) in [5, 5.41) is 8.72. The molecule has 0 aromatic carbocycles. The van der Waals surface area contributed by atoms with Crippen LogP contribution in [0.15, 0.2) is 12.7 Å². The average molecular weight is 144 g/mol. The van der Waals surface area contributed by atoms with E-state index in [1.165, 1.54) is 0 Å². The Hall–Kier alpha value is -0.830. The molecule has 0 saturated carbocycles. The summed E-state index contributed by atoms with van der Waals surface area (Å²) < 4.78 is 4.46. The molecule has 0 rings (SSSR count). The van der Waals surface area contributed by atoms with Crippen LogP contribution in [0.3, 0.4) is 0 Å². The first-order valence-corrected chi connectivity index (χ1v) is 3.09. The summed E-state index contributed by atoms with van der Waals surface area (Å²) in [6.07, 6.45) is -0.0183. The SMILES string of the molecule is C=CC(O)OC(=O)C(C)C. The minimum Gasteiger partial charge on any atom is -0.432 e. The van der Waals surface area contributed by atoms with E-state index in [9.17, 15) is 4.79 Å². The Balaban J connectivity index is 3.68. The minimum atomic E-state index is -1.17. The van der Waals surface area contributed by atoms with Crippen molar-refractivity contribution in [3.8, 4) is 0 Å². The molecule has 0 aliphatic rings. The lowest BCUT2D eigenvalue weighted by molar-refractivity contribution is -0.164. The first-order chi connectivity index (χ1) is 4.57. The van der Waals surface area contributed by atoms with Gasteiger partial charge in [-0.05, 0) is 6.08 Å². The number of hydrogen-bond donors (Lipinski definition) is 1. The average Bonchev–Trinajstić information content (AvgIpc) is 1.87. The van der Waals surface area contributed by atoms with Gasteiger partial charge in [-0.1, -0.05) is 20.4 Å². The van der Waals surface area contributed by atoms with Gasteiger partial charge >= 0.3 is 5.97 Å². The zero-order chi connectivity index (χ0) is 8.15. The van der Waals surface area contributed by atoms with Crippen molar-refractivity contribution in [1.29, 1.82) is 0 Å². The Morgan fingerprint density at radius 3 is 2.50 bits per heavy atom. The molecular formula is C7H12O3. The van der Waals surface area contributed by atoms with Crippen LogP contribution in [0.2, 0.25) is 0 Å². The van der Waals surface area contributed by atoms with Crippen LogP contribution in [0, 0.1) is 5.92 Å². The molecule has 0 radical (unpaired) electrons. The van der Waals surface area contributed by atoms with Crippen LogP contribution >= 0.6 is 0 Å². The lowest BCUT2D eigenvalue weighted by Crippen LogP contribution is -2.18. The number of carbonyl (C=O) groups is 1. The zero-order valence-electron chi connectivity index (χ0n) is 6.20. The molecule has 0 aliphatic heterocycles. The van der Waals surface area contributed by atoms with E-state index in [0.717, 1.165) is 6.08 Å². The highest BCUT2D eigenvalue weighted by molar-refractivity contribution is 5.71. The molecule has 0 amide bonds. The van der Waals surface area contributed by atoms with Crippen molar-refractivity contribution in [3.63, 3.8) is 0 Å². The van der Waals surface area contributed by atoms with E-state index in [1.807, 2.05) is 0 Å². The van der Waals surface area contributed by atoms with Gasteiger partial charge in [-0.15, -0.1) is 0 Å². The molecule has 0 aliphatic carbocycles. The van der Waals surface area contributed by atoms with Gasteiger partial charge in [0.05, 0.1) is 5.92 Å². The van der Waals surface area contributed by atoms with Crippen LogP contribution in [0.5, 0.6) is 0 Å². The van der Waals surface area contributed by atoms with Crippen molar-refractivity contribution in [2.75, 3.05) is 0 Å². The number of aliphatic hydroxyl groups excluding tert-OH is 1. The number of hydrogen-bond acceptors (Lipinski definition) is 3. The highest BCUT2D eigenvalue weighted by Crippen LogP contribution is 1.98. The van der Waals surface area contributed by atoms with E-state index in [2.05, 4.69) is 11.3 Å². The van der Waals surface area contributed by atoms with Crippen LogP contribution < -0.4 is 0 Å². The quantitative estimate of drug-likeness (QED) is 0.360. The molecule has 0 fully saturated rings. The number of esters is 1. The Bertz CT molecular complexity index is 129. The molecule has 0 bridgehead atoms. The monoisotopic (exact) mass is 144 g/mol. The maximum atomic E-state index is 10.7.